The summed E-state index contributed by atoms with van der Waals surface area (Å²) in [6.45, 7) is -0.0473. The molecule has 0 spiro atoms. The van der Waals surface area contributed by atoms with Crippen molar-refractivity contribution in [3.63, 3.8) is 0 Å². The number of alkyl halides is 3. The first-order valence-electron chi connectivity index (χ1n) is 9.08. The zero-order chi connectivity index (χ0) is 19.7. The van der Waals surface area contributed by atoms with E-state index in [2.05, 4.69) is 24.8 Å². The van der Waals surface area contributed by atoms with Crippen molar-refractivity contribution < 1.29 is 22.7 Å². The van der Waals surface area contributed by atoms with E-state index in [1.807, 2.05) is 0 Å². The Kier molecular flexibility index (Phi) is 5.22. The lowest BCUT2D eigenvalue weighted by Gasteiger charge is -2.13. The second-order valence-electron chi connectivity index (χ2n) is 6.94. The second kappa shape index (κ2) is 7.65. The molecule has 2 aliphatic carbocycles. The summed E-state index contributed by atoms with van der Waals surface area (Å²) in [5.74, 6) is 1.03. The SMILES string of the molecule is O=C(CSc1nnc(C2CC2)n1C1CC1)NCc1ccccc1OC(F)(F)F. The van der Waals surface area contributed by atoms with Gasteiger partial charge in [0.05, 0.1) is 5.75 Å². The molecule has 0 aliphatic heterocycles. The van der Waals surface area contributed by atoms with Crippen LogP contribution in [-0.2, 0) is 11.3 Å². The molecule has 1 N–H and O–H groups in total. The van der Waals surface area contributed by atoms with Crippen LogP contribution in [0.15, 0.2) is 29.4 Å². The smallest absolute Gasteiger partial charge is 0.405 e. The molecular weight excluding hydrogens is 393 g/mol. The number of rotatable bonds is 8. The van der Waals surface area contributed by atoms with Crippen LogP contribution >= 0.6 is 11.8 Å². The Morgan fingerprint density at radius 3 is 2.64 bits per heavy atom. The van der Waals surface area contributed by atoms with Crippen molar-refractivity contribution in [3.8, 4) is 5.75 Å². The van der Waals surface area contributed by atoms with Crippen LogP contribution in [0.5, 0.6) is 5.75 Å². The molecule has 2 saturated carbocycles. The number of aromatic nitrogens is 3. The van der Waals surface area contributed by atoms with E-state index in [-0.39, 0.29) is 29.5 Å². The fourth-order valence-corrected chi connectivity index (χ4v) is 3.77. The molecule has 1 amide bonds. The van der Waals surface area contributed by atoms with E-state index in [0.717, 1.165) is 36.7 Å². The largest absolute Gasteiger partial charge is 0.573 e. The molecule has 0 atom stereocenters. The van der Waals surface area contributed by atoms with Crippen molar-refractivity contribution in [1.82, 2.24) is 20.1 Å². The number of para-hydroxylation sites is 1. The molecule has 6 nitrogen and oxygen atoms in total. The van der Waals surface area contributed by atoms with Gasteiger partial charge in [0.2, 0.25) is 5.91 Å². The van der Waals surface area contributed by atoms with E-state index < -0.39 is 6.36 Å². The predicted octanol–water partition coefficient (Wildman–Crippen LogP) is 3.80. The maximum absolute atomic E-state index is 12.5. The first-order chi connectivity index (χ1) is 13.4. The Morgan fingerprint density at radius 2 is 1.96 bits per heavy atom. The van der Waals surface area contributed by atoms with Gasteiger partial charge in [-0.15, -0.1) is 23.4 Å². The van der Waals surface area contributed by atoms with Gasteiger partial charge in [0.1, 0.15) is 11.6 Å². The van der Waals surface area contributed by atoms with Crippen molar-refractivity contribution in [3.05, 3.63) is 35.7 Å². The van der Waals surface area contributed by atoms with E-state index in [1.54, 1.807) is 6.07 Å². The van der Waals surface area contributed by atoms with Gasteiger partial charge in [-0.25, -0.2) is 0 Å². The Balaban J connectivity index is 1.33. The Morgan fingerprint density at radius 1 is 1.21 bits per heavy atom. The van der Waals surface area contributed by atoms with Gasteiger partial charge in [-0.1, -0.05) is 30.0 Å². The van der Waals surface area contributed by atoms with Crippen LogP contribution in [-0.4, -0.2) is 32.8 Å². The highest BCUT2D eigenvalue weighted by Crippen LogP contribution is 2.45. The fourth-order valence-electron chi connectivity index (χ4n) is 2.93. The molecule has 4 rings (SSSR count). The summed E-state index contributed by atoms with van der Waals surface area (Å²) < 4.78 is 43.6. The number of hydrogen-bond donors (Lipinski definition) is 1. The third-order valence-electron chi connectivity index (χ3n) is 4.55. The zero-order valence-electron chi connectivity index (χ0n) is 14.9. The second-order valence-corrected chi connectivity index (χ2v) is 7.88. The van der Waals surface area contributed by atoms with E-state index in [9.17, 15) is 18.0 Å². The summed E-state index contributed by atoms with van der Waals surface area (Å²) in [5.41, 5.74) is 0.260. The van der Waals surface area contributed by atoms with Gasteiger partial charge < -0.3 is 14.6 Å². The number of benzene rings is 1. The van der Waals surface area contributed by atoms with Gasteiger partial charge in [0.25, 0.3) is 0 Å². The number of carbonyl (C=O) groups is 1. The van der Waals surface area contributed by atoms with Crippen molar-refractivity contribution >= 4 is 17.7 Å². The predicted molar refractivity (Wildman–Crippen MR) is 96.0 cm³/mol. The monoisotopic (exact) mass is 412 g/mol. The molecule has 2 aliphatic rings. The van der Waals surface area contributed by atoms with Crippen LogP contribution in [0.4, 0.5) is 13.2 Å². The molecule has 0 bridgehead atoms. The summed E-state index contributed by atoms with van der Waals surface area (Å²) in [4.78, 5) is 12.2. The number of thioether (sulfide) groups is 1. The Hall–Kier alpha value is -2.23. The summed E-state index contributed by atoms with van der Waals surface area (Å²) in [5, 5.41) is 11.9. The van der Waals surface area contributed by atoms with E-state index >= 15 is 0 Å². The van der Waals surface area contributed by atoms with Crippen LogP contribution in [0.1, 0.15) is 49.0 Å². The minimum atomic E-state index is -4.78. The van der Waals surface area contributed by atoms with Gasteiger partial charge >= 0.3 is 6.36 Å². The summed E-state index contributed by atoms with van der Waals surface area (Å²) in [6.07, 6.45) is -0.298. The van der Waals surface area contributed by atoms with Gasteiger partial charge in [0.15, 0.2) is 5.16 Å². The highest BCUT2D eigenvalue weighted by atomic mass is 32.2. The number of halogens is 3. The third-order valence-corrected chi connectivity index (χ3v) is 5.50. The van der Waals surface area contributed by atoms with Gasteiger partial charge in [-0.05, 0) is 31.7 Å². The molecule has 0 radical (unpaired) electrons. The molecule has 0 saturated heterocycles. The van der Waals surface area contributed by atoms with Crippen LogP contribution < -0.4 is 10.1 Å². The van der Waals surface area contributed by atoms with Crippen LogP contribution in [0.2, 0.25) is 0 Å². The Labute approximate surface area is 163 Å². The molecule has 0 unspecified atom stereocenters. The molecule has 10 heteroatoms. The van der Waals surface area contributed by atoms with Gasteiger partial charge in [-0.2, -0.15) is 0 Å². The maximum Gasteiger partial charge on any atom is 0.573 e. The van der Waals surface area contributed by atoms with Gasteiger partial charge in [0, 0.05) is 24.1 Å². The zero-order valence-corrected chi connectivity index (χ0v) is 15.7. The summed E-state index contributed by atoms with van der Waals surface area (Å²) in [7, 11) is 0. The molecule has 1 heterocycles. The lowest BCUT2D eigenvalue weighted by molar-refractivity contribution is -0.274. The molecule has 1 aromatic heterocycles. The van der Waals surface area contributed by atoms with Crippen molar-refractivity contribution in [1.29, 1.82) is 0 Å². The van der Waals surface area contributed by atoms with Crippen molar-refractivity contribution in [2.24, 2.45) is 0 Å². The molecular formula is C18H19F3N4O2S. The van der Waals surface area contributed by atoms with Gasteiger partial charge in [-0.3, -0.25) is 4.79 Å². The number of hydrogen-bond acceptors (Lipinski definition) is 5. The van der Waals surface area contributed by atoms with Crippen molar-refractivity contribution in [2.75, 3.05) is 5.75 Å². The topological polar surface area (TPSA) is 69.0 Å². The first kappa shape index (κ1) is 19.1. The van der Waals surface area contributed by atoms with Crippen LogP contribution in [0.3, 0.4) is 0 Å². The van der Waals surface area contributed by atoms with Crippen molar-refractivity contribution in [2.45, 2.75) is 55.7 Å². The standard InChI is InChI=1S/C18H19F3N4O2S/c19-18(20,21)27-14-4-2-1-3-12(14)9-22-15(26)10-28-17-24-23-16(11-5-6-11)25(17)13-7-8-13/h1-4,11,13H,5-10H2,(H,22,26). The highest BCUT2D eigenvalue weighted by Gasteiger charge is 2.36. The number of nitrogens with one attached hydrogen (secondary N) is 1. The van der Waals surface area contributed by atoms with E-state index in [0.29, 0.717) is 12.0 Å². The lowest BCUT2D eigenvalue weighted by atomic mass is 10.2. The summed E-state index contributed by atoms with van der Waals surface area (Å²) >= 11 is 1.30. The minimum Gasteiger partial charge on any atom is -0.405 e. The van der Waals surface area contributed by atoms with E-state index in [4.69, 9.17) is 0 Å². The average molecular weight is 412 g/mol. The molecule has 1 aromatic carbocycles. The fraction of sp³-hybridized carbons (Fsp3) is 0.500. The average Bonchev–Trinajstić information content (AvgIpc) is 3.56. The third kappa shape index (κ3) is 4.78. The number of ether oxygens (including phenoxy) is 1. The summed E-state index contributed by atoms with van der Waals surface area (Å²) in [6, 6.07) is 6.19. The molecule has 28 heavy (non-hydrogen) atoms. The Bertz CT molecular complexity index is 863. The molecule has 2 aromatic rings. The van der Waals surface area contributed by atoms with Crippen LogP contribution in [0, 0.1) is 0 Å². The van der Waals surface area contributed by atoms with Crippen LogP contribution in [0.25, 0.3) is 0 Å². The lowest BCUT2D eigenvalue weighted by Crippen LogP contribution is -2.26. The number of nitrogens with zero attached hydrogens (tertiary/aromatic N) is 3. The quantitative estimate of drug-likeness (QED) is 0.668. The molecule has 150 valence electrons. The number of amides is 1. The minimum absolute atomic E-state index is 0.0473. The van der Waals surface area contributed by atoms with E-state index in [1.165, 1.54) is 30.0 Å². The maximum atomic E-state index is 12.5. The number of carbonyl (C=O) groups excluding carboxylic acids is 1. The normalized spacial score (nSPS) is 16.8. The highest BCUT2D eigenvalue weighted by molar-refractivity contribution is 7.99. The molecule has 2 fully saturated rings. The first-order valence-corrected chi connectivity index (χ1v) is 10.1.